The van der Waals surface area contributed by atoms with Gasteiger partial charge in [0, 0.05) is 0 Å². The molecule has 0 aromatic heterocycles. The quantitative estimate of drug-likeness (QED) is 0.701. The minimum absolute atomic E-state index is 0.338. The molecule has 0 saturated heterocycles. The van der Waals surface area contributed by atoms with Gasteiger partial charge in [0.1, 0.15) is 6.04 Å². The van der Waals surface area contributed by atoms with E-state index >= 15 is 0 Å². The number of nitrogens with one attached hydrogen (secondary N) is 1. The van der Waals surface area contributed by atoms with Crippen molar-refractivity contribution in [1.29, 1.82) is 0 Å². The summed E-state index contributed by atoms with van der Waals surface area (Å²) in [7, 11) is 0. The first-order valence-corrected chi connectivity index (χ1v) is 6.73. The lowest BCUT2D eigenvalue weighted by Crippen LogP contribution is -2.55. The summed E-state index contributed by atoms with van der Waals surface area (Å²) in [5.41, 5.74) is 5.81. The number of rotatable bonds is 7. The van der Waals surface area contributed by atoms with Crippen LogP contribution in [0.5, 0.6) is 0 Å². The third-order valence-electron chi connectivity index (χ3n) is 3.42. The van der Waals surface area contributed by atoms with Crippen molar-refractivity contribution in [2.45, 2.75) is 44.7 Å². The van der Waals surface area contributed by atoms with Gasteiger partial charge in [0.15, 0.2) is 0 Å². The number of amides is 1. The molecule has 0 fully saturated rings. The third-order valence-corrected chi connectivity index (χ3v) is 3.42. The zero-order valence-electron chi connectivity index (χ0n) is 11.9. The number of nitrogens with two attached hydrogens (primary N) is 1. The maximum Gasteiger partial charge on any atom is 0.326 e. The van der Waals surface area contributed by atoms with Crippen LogP contribution in [-0.2, 0) is 16.0 Å². The number of benzene rings is 1. The van der Waals surface area contributed by atoms with Crippen LogP contribution in [0.4, 0.5) is 0 Å². The number of aryl methyl sites for hydroxylation is 1. The van der Waals surface area contributed by atoms with Crippen molar-refractivity contribution in [3.8, 4) is 0 Å². The van der Waals surface area contributed by atoms with Crippen molar-refractivity contribution in [2.75, 3.05) is 0 Å². The monoisotopic (exact) mass is 278 g/mol. The Morgan fingerprint density at radius 1 is 1.35 bits per heavy atom. The maximum absolute atomic E-state index is 11.9. The highest BCUT2D eigenvalue weighted by Crippen LogP contribution is 2.09. The van der Waals surface area contributed by atoms with E-state index in [-0.39, 0.29) is 0 Å². The van der Waals surface area contributed by atoms with Crippen LogP contribution in [0.3, 0.4) is 0 Å². The predicted octanol–water partition coefficient (Wildman–Crippen LogP) is 1.32. The van der Waals surface area contributed by atoms with Crippen molar-refractivity contribution < 1.29 is 14.7 Å². The summed E-state index contributed by atoms with van der Waals surface area (Å²) < 4.78 is 0. The van der Waals surface area contributed by atoms with Gasteiger partial charge in [-0.2, -0.15) is 0 Å². The number of carbonyl (C=O) groups is 2. The average molecular weight is 278 g/mol. The molecule has 5 nitrogen and oxygen atoms in total. The van der Waals surface area contributed by atoms with Crippen LogP contribution in [-0.4, -0.2) is 28.6 Å². The predicted molar refractivity (Wildman–Crippen MR) is 77.2 cm³/mol. The molecule has 1 unspecified atom stereocenters. The fourth-order valence-electron chi connectivity index (χ4n) is 1.70. The zero-order chi connectivity index (χ0) is 15.2. The molecule has 5 heteroatoms. The van der Waals surface area contributed by atoms with Crippen molar-refractivity contribution in [2.24, 2.45) is 5.73 Å². The molecule has 0 bridgehead atoms. The summed E-state index contributed by atoms with van der Waals surface area (Å²) in [4.78, 5) is 23.1. The Hall–Kier alpha value is -1.88. The van der Waals surface area contributed by atoms with E-state index < -0.39 is 23.5 Å². The maximum atomic E-state index is 11.9. The second-order valence-electron chi connectivity index (χ2n) is 5.16. The lowest BCUT2D eigenvalue weighted by molar-refractivity contribution is -0.142. The molecule has 1 amide bonds. The molecular weight excluding hydrogens is 256 g/mol. The van der Waals surface area contributed by atoms with E-state index in [2.05, 4.69) is 5.32 Å². The SMILES string of the molecule is CCC(C)(N)C(=O)N[C@@H](CCc1ccccc1)C(=O)O. The summed E-state index contributed by atoms with van der Waals surface area (Å²) in [6.45, 7) is 3.39. The fourth-order valence-corrected chi connectivity index (χ4v) is 1.70. The molecule has 0 spiro atoms. The Morgan fingerprint density at radius 3 is 2.45 bits per heavy atom. The van der Waals surface area contributed by atoms with Crippen LogP contribution >= 0.6 is 0 Å². The van der Waals surface area contributed by atoms with Gasteiger partial charge >= 0.3 is 5.97 Å². The molecule has 1 aromatic rings. The molecule has 0 radical (unpaired) electrons. The molecular formula is C15H22N2O3. The van der Waals surface area contributed by atoms with Gasteiger partial charge in [-0.25, -0.2) is 4.79 Å². The second kappa shape index (κ2) is 7.05. The van der Waals surface area contributed by atoms with Crippen molar-refractivity contribution in [3.05, 3.63) is 35.9 Å². The number of carboxylic acid groups (broad SMARTS) is 1. The van der Waals surface area contributed by atoms with Crippen LogP contribution < -0.4 is 11.1 Å². The smallest absolute Gasteiger partial charge is 0.326 e. The van der Waals surface area contributed by atoms with E-state index in [9.17, 15) is 14.7 Å². The van der Waals surface area contributed by atoms with Crippen LogP contribution in [0.15, 0.2) is 30.3 Å². The Labute approximate surface area is 119 Å². The molecule has 0 heterocycles. The van der Waals surface area contributed by atoms with Crippen LogP contribution in [0.2, 0.25) is 0 Å². The Balaban J connectivity index is 2.62. The van der Waals surface area contributed by atoms with Crippen LogP contribution in [0, 0.1) is 0 Å². The van der Waals surface area contributed by atoms with Crippen molar-refractivity contribution in [1.82, 2.24) is 5.32 Å². The molecule has 0 aliphatic carbocycles. The molecule has 1 aromatic carbocycles. The molecule has 1 rings (SSSR count). The van der Waals surface area contributed by atoms with Gasteiger partial charge in [-0.3, -0.25) is 4.79 Å². The average Bonchev–Trinajstić information content (AvgIpc) is 2.43. The molecule has 0 aliphatic rings. The first-order chi connectivity index (χ1) is 9.36. The molecule has 110 valence electrons. The number of carboxylic acids is 1. The molecule has 20 heavy (non-hydrogen) atoms. The van der Waals surface area contributed by atoms with Gasteiger partial charge in [-0.1, -0.05) is 37.3 Å². The Morgan fingerprint density at radius 2 is 1.95 bits per heavy atom. The topological polar surface area (TPSA) is 92.4 Å². The van der Waals surface area contributed by atoms with E-state index in [1.54, 1.807) is 13.8 Å². The van der Waals surface area contributed by atoms with Crippen molar-refractivity contribution in [3.63, 3.8) is 0 Å². The molecule has 4 N–H and O–H groups in total. The van der Waals surface area contributed by atoms with Gasteiger partial charge in [0.25, 0.3) is 0 Å². The largest absolute Gasteiger partial charge is 0.480 e. The number of hydrogen-bond donors (Lipinski definition) is 3. The van der Waals surface area contributed by atoms with Crippen molar-refractivity contribution >= 4 is 11.9 Å². The van der Waals surface area contributed by atoms with E-state index in [4.69, 9.17) is 5.73 Å². The summed E-state index contributed by atoms with van der Waals surface area (Å²) >= 11 is 0. The number of aliphatic carboxylic acids is 1. The Bertz CT molecular complexity index is 457. The molecule has 0 aliphatic heterocycles. The summed E-state index contributed by atoms with van der Waals surface area (Å²) in [5.74, 6) is -1.47. The summed E-state index contributed by atoms with van der Waals surface area (Å²) in [6, 6.07) is 8.65. The van der Waals surface area contributed by atoms with Crippen LogP contribution in [0.25, 0.3) is 0 Å². The van der Waals surface area contributed by atoms with E-state index in [0.29, 0.717) is 19.3 Å². The minimum atomic E-state index is -1.04. The van der Waals surface area contributed by atoms with Gasteiger partial charge in [-0.05, 0) is 31.7 Å². The van der Waals surface area contributed by atoms with E-state index in [1.807, 2.05) is 30.3 Å². The number of carbonyl (C=O) groups excluding carboxylic acids is 1. The second-order valence-corrected chi connectivity index (χ2v) is 5.16. The summed E-state index contributed by atoms with van der Waals surface area (Å²) in [5, 5.41) is 11.7. The molecule has 2 atom stereocenters. The van der Waals surface area contributed by atoms with Crippen LogP contribution in [0.1, 0.15) is 32.3 Å². The van der Waals surface area contributed by atoms with Gasteiger partial charge in [0.05, 0.1) is 5.54 Å². The van der Waals surface area contributed by atoms with E-state index in [0.717, 1.165) is 5.56 Å². The first-order valence-electron chi connectivity index (χ1n) is 6.73. The number of hydrogen-bond acceptors (Lipinski definition) is 3. The van der Waals surface area contributed by atoms with E-state index in [1.165, 1.54) is 0 Å². The van der Waals surface area contributed by atoms with Gasteiger partial charge < -0.3 is 16.2 Å². The normalized spacial score (nSPS) is 15.2. The first kappa shape index (κ1) is 16.2. The molecule has 0 saturated carbocycles. The highest BCUT2D eigenvalue weighted by molar-refractivity contribution is 5.89. The fraction of sp³-hybridized carbons (Fsp3) is 0.467. The highest BCUT2D eigenvalue weighted by atomic mass is 16.4. The minimum Gasteiger partial charge on any atom is -0.480 e. The zero-order valence-corrected chi connectivity index (χ0v) is 11.9. The lowest BCUT2D eigenvalue weighted by Gasteiger charge is -2.24. The summed E-state index contributed by atoms with van der Waals surface area (Å²) in [6.07, 6.45) is 1.38. The standard InChI is InChI=1S/C15H22N2O3/c1-3-15(2,16)14(20)17-12(13(18)19)10-9-11-7-5-4-6-8-11/h4-8,12H,3,9-10,16H2,1-2H3,(H,17,20)(H,18,19)/t12-,15?/m0/s1. The third kappa shape index (κ3) is 4.66. The van der Waals surface area contributed by atoms with Gasteiger partial charge in [0.2, 0.25) is 5.91 Å². The Kier molecular flexibility index (Phi) is 5.70. The lowest BCUT2D eigenvalue weighted by atomic mass is 9.98. The highest BCUT2D eigenvalue weighted by Gasteiger charge is 2.30. The van der Waals surface area contributed by atoms with Gasteiger partial charge in [-0.15, -0.1) is 0 Å².